The molecule has 0 spiro atoms. The maximum Gasteiger partial charge on any atom is 0.0515 e. The Hall–Kier alpha value is -0.830. The van der Waals surface area contributed by atoms with Crippen LogP contribution in [0.1, 0.15) is 11.1 Å². The molecule has 2 aromatic rings. The molecule has 0 N–H and O–H groups in total. The highest BCUT2D eigenvalue weighted by Crippen LogP contribution is 2.25. The first-order valence-electron chi connectivity index (χ1n) is 5.98. The van der Waals surface area contributed by atoms with Crippen LogP contribution >= 0.6 is 23.2 Å². The fourth-order valence-corrected chi connectivity index (χ4v) is 3.71. The number of halogens is 2. The molecule has 0 unspecified atom stereocenters. The molecule has 0 saturated carbocycles. The van der Waals surface area contributed by atoms with Gasteiger partial charge in [-0.3, -0.25) is 4.21 Å². The van der Waals surface area contributed by atoms with E-state index in [1.54, 1.807) is 18.2 Å². The number of aryl methyl sites for hydroxylation is 1. The Labute approximate surface area is 126 Å². The van der Waals surface area contributed by atoms with Gasteiger partial charge in [0.2, 0.25) is 0 Å². The highest BCUT2D eigenvalue weighted by atomic mass is 35.5. The third-order valence-electron chi connectivity index (χ3n) is 2.83. The van der Waals surface area contributed by atoms with Gasteiger partial charge in [0.1, 0.15) is 0 Å². The van der Waals surface area contributed by atoms with Crippen LogP contribution in [0.2, 0.25) is 10.0 Å². The molecule has 0 saturated heterocycles. The van der Waals surface area contributed by atoms with E-state index in [0.717, 1.165) is 12.0 Å². The lowest BCUT2D eigenvalue weighted by molar-refractivity contribution is 0.682. The molecule has 100 valence electrons. The van der Waals surface area contributed by atoms with Gasteiger partial charge in [-0.1, -0.05) is 59.6 Å². The van der Waals surface area contributed by atoms with E-state index < -0.39 is 10.8 Å². The molecule has 0 aliphatic rings. The van der Waals surface area contributed by atoms with Crippen molar-refractivity contribution in [3.8, 4) is 0 Å². The van der Waals surface area contributed by atoms with E-state index in [4.69, 9.17) is 23.2 Å². The van der Waals surface area contributed by atoms with Crippen molar-refractivity contribution < 1.29 is 4.21 Å². The second-order valence-corrected chi connectivity index (χ2v) is 6.62. The first-order valence-corrected chi connectivity index (χ1v) is 8.23. The third kappa shape index (κ3) is 4.34. The Kier molecular flexibility index (Phi) is 5.44. The molecule has 0 radical (unpaired) electrons. The summed E-state index contributed by atoms with van der Waals surface area (Å²) in [7, 11) is -0.961. The zero-order valence-corrected chi connectivity index (χ0v) is 12.6. The van der Waals surface area contributed by atoms with E-state index in [0.29, 0.717) is 21.6 Å². The SMILES string of the molecule is O=[S@](CCc1ccccc1)Cc1c(Cl)cccc1Cl. The van der Waals surface area contributed by atoms with Crippen LogP contribution in [0.15, 0.2) is 48.5 Å². The number of hydrogen-bond donors (Lipinski definition) is 0. The van der Waals surface area contributed by atoms with Gasteiger partial charge in [0.05, 0.1) is 5.75 Å². The van der Waals surface area contributed by atoms with E-state index in [2.05, 4.69) is 0 Å². The minimum Gasteiger partial charge on any atom is -0.259 e. The average Bonchev–Trinajstić information content (AvgIpc) is 2.42. The molecule has 4 heteroatoms. The van der Waals surface area contributed by atoms with Gasteiger partial charge in [0, 0.05) is 32.2 Å². The van der Waals surface area contributed by atoms with E-state index in [-0.39, 0.29) is 0 Å². The Bertz CT molecular complexity index is 549. The monoisotopic (exact) mass is 312 g/mol. The number of rotatable bonds is 5. The second kappa shape index (κ2) is 7.09. The Morgan fingerprint density at radius 1 is 0.895 bits per heavy atom. The first kappa shape index (κ1) is 14.6. The zero-order valence-electron chi connectivity index (χ0n) is 10.3. The zero-order chi connectivity index (χ0) is 13.7. The van der Waals surface area contributed by atoms with Crippen LogP contribution in [0.3, 0.4) is 0 Å². The molecule has 19 heavy (non-hydrogen) atoms. The smallest absolute Gasteiger partial charge is 0.0515 e. The lowest BCUT2D eigenvalue weighted by Gasteiger charge is -2.07. The molecular formula is C15H14Cl2OS. The second-order valence-electron chi connectivity index (χ2n) is 4.22. The summed E-state index contributed by atoms with van der Waals surface area (Å²) in [6.45, 7) is 0. The Morgan fingerprint density at radius 3 is 2.16 bits per heavy atom. The molecule has 1 nitrogen and oxygen atoms in total. The van der Waals surface area contributed by atoms with Crippen molar-refractivity contribution in [1.29, 1.82) is 0 Å². The fourth-order valence-electron chi connectivity index (χ4n) is 1.78. The topological polar surface area (TPSA) is 17.1 Å². The van der Waals surface area contributed by atoms with Gasteiger partial charge >= 0.3 is 0 Å². The quantitative estimate of drug-likeness (QED) is 0.795. The van der Waals surface area contributed by atoms with Crippen molar-refractivity contribution in [1.82, 2.24) is 0 Å². The van der Waals surface area contributed by atoms with Crippen molar-refractivity contribution in [2.24, 2.45) is 0 Å². The molecule has 0 bridgehead atoms. The molecule has 0 amide bonds. The highest BCUT2D eigenvalue weighted by molar-refractivity contribution is 7.84. The van der Waals surface area contributed by atoms with Crippen LogP contribution in [-0.2, 0) is 23.0 Å². The van der Waals surface area contributed by atoms with Gasteiger partial charge in [-0.15, -0.1) is 0 Å². The van der Waals surface area contributed by atoms with Gasteiger partial charge in [0.25, 0.3) is 0 Å². The minimum absolute atomic E-state index is 0.408. The third-order valence-corrected chi connectivity index (χ3v) is 4.81. The maximum atomic E-state index is 12.1. The summed E-state index contributed by atoms with van der Waals surface area (Å²) < 4.78 is 12.1. The Morgan fingerprint density at radius 2 is 1.53 bits per heavy atom. The average molecular weight is 313 g/mol. The minimum atomic E-state index is -0.961. The van der Waals surface area contributed by atoms with Crippen LogP contribution in [-0.4, -0.2) is 9.96 Å². The van der Waals surface area contributed by atoms with Crippen molar-refractivity contribution >= 4 is 34.0 Å². The molecule has 0 heterocycles. The lowest BCUT2D eigenvalue weighted by atomic mass is 10.2. The first-order chi connectivity index (χ1) is 9.16. The molecular weight excluding hydrogens is 299 g/mol. The summed E-state index contributed by atoms with van der Waals surface area (Å²) in [5.41, 5.74) is 1.97. The van der Waals surface area contributed by atoms with E-state index in [1.165, 1.54) is 5.56 Å². The summed E-state index contributed by atoms with van der Waals surface area (Å²) in [5, 5.41) is 1.17. The van der Waals surface area contributed by atoms with Gasteiger partial charge in [-0.05, 0) is 24.1 Å². The normalized spacial score (nSPS) is 12.3. The summed E-state index contributed by atoms with van der Waals surface area (Å²) in [6.07, 6.45) is 0.801. The molecule has 0 aliphatic heterocycles. The molecule has 0 aromatic heterocycles. The predicted octanol–water partition coefficient (Wildman–Crippen LogP) is 4.48. The van der Waals surface area contributed by atoms with Crippen LogP contribution < -0.4 is 0 Å². The maximum absolute atomic E-state index is 12.1. The van der Waals surface area contributed by atoms with Crippen LogP contribution in [0.25, 0.3) is 0 Å². The molecule has 2 aromatic carbocycles. The van der Waals surface area contributed by atoms with Gasteiger partial charge < -0.3 is 0 Å². The molecule has 1 atom stereocenters. The van der Waals surface area contributed by atoms with E-state index >= 15 is 0 Å². The molecule has 0 fully saturated rings. The van der Waals surface area contributed by atoms with Crippen molar-refractivity contribution in [3.05, 3.63) is 69.7 Å². The van der Waals surface area contributed by atoms with Gasteiger partial charge in [-0.2, -0.15) is 0 Å². The molecule has 0 aliphatic carbocycles. The summed E-state index contributed by atoms with van der Waals surface area (Å²) >= 11 is 12.1. The standard InChI is InChI=1S/C15H14Cl2OS/c16-14-7-4-8-15(17)13(14)11-19(18)10-9-12-5-2-1-3-6-12/h1-8H,9-11H2/t19-/m1/s1. The lowest BCUT2D eigenvalue weighted by Crippen LogP contribution is -2.04. The predicted molar refractivity (Wildman–Crippen MR) is 83.3 cm³/mol. The summed E-state index contributed by atoms with van der Waals surface area (Å²) in [6, 6.07) is 15.4. The number of hydrogen-bond acceptors (Lipinski definition) is 1. The van der Waals surface area contributed by atoms with Gasteiger partial charge in [-0.25, -0.2) is 0 Å². The van der Waals surface area contributed by atoms with E-state index in [9.17, 15) is 4.21 Å². The molecule has 2 rings (SSSR count). The van der Waals surface area contributed by atoms with E-state index in [1.807, 2.05) is 30.3 Å². The summed E-state index contributed by atoms with van der Waals surface area (Å²) in [5.74, 6) is 1.02. The largest absolute Gasteiger partial charge is 0.259 e. The highest BCUT2D eigenvalue weighted by Gasteiger charge is 2.09. The Balaban J connectivity index is 1.95. The fraction of sp³-hybridized carbons (Fsp3) is 0.200. The van der Waals surface area contributed by atoms with Crippen LogP contribution in [0.5, 0.6) is 0 Å². The summed E-state index contributed by atoms with van der Waals surface area (Å²) in [4.78, 5) is 0. The number of benzene rings is 2. The van der Waals surface area contributed by atoms with Gasteiger partial charge in [0.15, 0.2) is 0 Å². The van der Waals surface area contributed by atoms with Crippen LogP contribution in [0.4, 0.5) is 0 Å². The van der Waals surface area contributed by atoms with Crippen LogP contribution in [0, 0.1) is 0 Å². The van der Waals surface area contributed by atoms with Crippen molar-refractivity contribution in [2.75, 3.05) is 5.75 Å². The van der Waals surface area contributed by atoms with Crippen molar-refractivity contribution in [3.63, 3.8) is 0 Å². The van der Waals surface area contributed by atoms with Crippen molar-refractivity contribution in [2.45, 2.75) is 12.2 Å².